The van der Waals surface area contributed by atoms with Crippen molar-refractivity contribution >= 4 is 32.4 Å². The number of likely N-dealkylation sites (tertiary alicyclic amines) is 1. The number of carbonyl (C=O) groups is 1. The van der Waals surface area contributed by atoms with Crippen LogP contribution >= 0.6 is 21.2 Å². The minimum atomic E-state index is -0.111. The maximum Gasteiger partial charge on any atom is 0.224 e. The Morgan fingerprint density at radius 2 is 1.92 bits per heavy atom. The number of nitrogens with zero attached hydrogens (tertiary/aromatic N) is 2. The van der Waals surface area contributed by atoms with Crippen LogP contribution in [0.4, 0.5) is 0 Å². The number of carbonyl (C=O) groups excluding carboxylic acids is 1. The van der Waals surface area contributed by atoms with E-state index in [9.17, 15) is 4.79 Å². The molecule has 1 aromatic rings. The summed E-state index contributed by atoms with van der Waals surface area (Å²) in [6.45, 7) is 3.99. The number of benzene rings is 1. The van der Waals surface area contributed by atoms with E-state index in [1.807, 2.05) is 29.0 Å². The molecule has 3 rings (SSSR count). The van der Waals surface area contributed by atoms with Crippen molar-refractivity contribution in [2.75, 3.05) is 18.8 Å². The van der Waals surface area contributed by atoms with Gasteiger partial charge in [-0.2, -0.15) is 0 Å². The summed E-state index contributed by atoms with van der Waals surface area (Å²) >= 11 is 1.98. The Balaban J connectivity index is 1.45. The molecule has 1 saturated heterocycles. The average molecular weight is 394 g/mol. The maximum atomic E-state index is 12.7. The van der Waals surface area contributed by atoms with Crippen LogP contribution < -0.4 is 11.0 Å². The fraction of sp³-hybridized carbons (Fsp3) is 0.650. The summed E-state index contributed by atoms with van der Waals surface area (Å²) in [5.74, 6) is 1.36. The first-order chi connectivity index (χ1) is 12.6. The van der Waals surface area contributed by atoms with Crippen molar-refractivity contribution in [1.29, 1.82) is 0 Å². The zero-order valence-corrected chi connectivity index (χ0v) is 17.7. The molecule has 6 heteroatoms. The van der Waals surface area contributed by atoms with E-state index in [-0.39, 0.29) is 11.9 Å². The fourth-order valence-electron chi connectivity index (χ4n) is 3.78. The van der Waals surface area contributed by atoms with E-state index in [1.165, 1.54) is 23.7 Å². The van der Waals surface area contributed by atoms with Crippen molar-refractivity contribution in [3.8, 4) is 0 Å². The van der Waals surface area contributed by atoms with Crippen molar-refractivity contribution in [3.63, 3.8) is 0 Å². The summed E-state index contributed by atoms with van der Waals surface area (Å²) in [7, 11) is 2.75. The van der Waals surface area contributed by atoms with Gasteiger partial charge in [-0.3, -0.25) is 4.79 Å². The van der Waals surface area contributed by atoms with E-state index in [2.05, 4.69) is 32.6 Å². The second-order valence-corrected chi connectivity index (χ2v) is 9.37. The standard InChI is InChI=1S/C20H32N3OPS/c1-2-26-23(17-7-8-17)18-9-11-22(12-10-18)20(24)14-16(21)13-15-5-3-4-6-19(15)25/h3-6,16-18H,2,7-14,21,25H2,1H3. The Morgan fingerprint density at radius 3 is 2.54 bits per heavy atom. The molecule has 2 fully saturated rings. The van der Waals surface area contributed by atoms with Crippen LogP contribution in [0.1, 0.15) is 44.6 Å². The van der Waals surface area contributed by atoms with E-state index in [1.54, 1.807) is 0 Å². The first-order valence-corrected chi connectivity index (χ1v) is 11.4. The number of nitrogens with two attached hydrogens (primary N) is 1. The van der Waals surface area contributed by atoms with Crippen LogP contribution in [0.3, 0.4) is 0 Å². The number of hydrogen-bond acceptors (Lipinski definition) is 4. The fourth-order valence-corrected chi connectivity index (χ4v) is 5.25. The van der Waals surface area contributed by atoms with Crippen molar-refractivity contribution < 1.29 is 4.79 Å². The van der Waals surface area contributed by atoms with Gasteiger partial charge in [-0.15, -0.1) is 9.24 Å². The Hall–Kier alpha value is -0.610. The van der Waals surface area contributed by atoms with Crippen LogP contribution in [0, 0.1) is 0 Å². The van der Waals surface area contributed by atoms with Gasteiger partial charge in [0.25, 0.3) is 0 Å². The lowest BCUT2D eigenvalue weighted by atomic mass is 10.0. The summed E-state index contributed by atoms with van der Waals surface area (Å²) in [6, 6.07) is 9.52. The molecule has 1 saturated carbocycles. The largest absolute Gasteiger partial charge is 0.343 e. The van der Waals surface area contributed by atoms with Crippen molar-refractivity contribution in [2.24, 2.45) is 5.73 Å². The summed E-state index contributed by atoms with van der Waals surface area (Å²) in [4.78, 5) is 14.7. The van der Waals surface area contributed by atoms with Crippen molar-refractivity contribution in [1.82, 2.24) is 9.21 Å². The summed E-state index contributed by atoms with van der Waals surface area (Å²) in [5, 5.41) is 1.17. The van der Waals surface area contributed by atoms with Crippen LogP contribution in [-0.4, -0.2) is 52.1 Å². The number of hydrogen-bond donors (Lipinski definition) is 1. The molecule has 1 amide bonds. The van der Waals surface area contributed by atoms with E-state index in [0.29, 0.717) is 12.5 Å². The highest BCUT2D eigenvalue weighted by Crippen LogP contribution is 2.36. The van der Waals surface area contributed by atoms with Crippen molar-refractivity contribution in [2.45, 2.75) is 63.6 Å². The molecule has 0 radical (unpaired) electrons. The third-order valence-corrected chi connectivity index (χ3v) is 7.05. The van der Waals surface area contributed by atoms with E-state index in [4.69, 9.17) is 5.73 Å². The van der Waals surface area contributed by atoms with E-state index in [0.717, 1.165) is 44.1 Å². The Bertz CT molecular complexity index is 602. The van der Waals surface area contributed by atoms with Crippen LogP contribution in [0.25, 0.3) is 0 Å². The molecular weight excluding hydrogens is 361 g/mol. The van der Waals surface area contributed by atoms with Gasteiger partial charge >= 0.3 is 0 Å². The van der Waals surface area contributed by atoms with Gasteiger partial charge in [0.2, 0.25) is 5.91 Å². The number of rotatable bonds is 8. The molecule has 2 N–H and O–H groups in total. The first-order valence-electron chi connectivity index (χ1n) is 9.86. The monoisotopic (exact) mass is 393 g/mol. The van der Waals surface area contributed by atoms with Gasteiger partial charge < -0.3 is 10.6 Å². The quantitative estimate of drug-likeness (QED) is 0.545. The van der Waals surface area contributed by atoms with Crippen LogP contribution in [0.2, 0.25) is 0 Å². The third kappa shape index (κ3) is 5.45. The van der Waals surface area contributed by atoms with Crippen LogP contribution in [0.15, 0.2) is 24.3 Å². The van der Waals surface area contributed by atoms with Gasteiger partial charge in [0, 0.05) is 43.4 Å². The highest BCUT2D eigenvalue weighted by molar-refractivity contribution is 7.97. The zero-order chi connectivity index (χ0) is 18.5. The molecule has 0 aromatic heterocycles. The highest BCUT2D eigenvalue weighted by Gasteiger charge is 2.36. The van der Waals surface area contributed by atoms with E-state index >= 15 is 0 Å². The first kappa shape index (κ1) is 20.1. The average Bonchev–Trinajstić information content (AvgIpc) is 3.47. The number of piperidine rings is 1. The van der Waals surface area contributed by atoms with Gasteiger partial charge in [0.15, 0.2) is 0 Å². The molecule has 4 nitrogen and oxygen atoms in total. The second kappa shape index (κ2) is 9.54. The molecule has 2 unspecified atom stereocenters. The summed E-state index contributed by atoms with van der Waals surface area (Å²) in [6.07, 6.45) is 6.08. The predicted octanol–water partition coefficient (Wildman–Crippen LogP) is 2.57. The van der Waals surface area contributed by atoms with Gasteiger partial charge in [-0.1, -0.05) is 43.1 Å². The molecule has 1 aromatic carbocycles. The molecule has 1 aliphatic heterocycles. The van der Waals surface area contributed by atoms with E-state index < -0.39 is 0 Å². The summed E-state index contributed by atoms with van der Waals surface area (Å²) < 4.78 is 2.63. The lowest BCUT2D eigenvalue weighted by Gasteiger charge is -2.38. The second-order valence-electron chi connectivity index (χ2n) is 7.49. The van der Waals surface area contributed by atoms with Crippen molar-refractivity contribution in [3.05, 3.63) is 29.8 Å². The van der Waals surface area contributed by atoms with Gasteiger partial charge in [0.1, 0.15) is 0 Å². The van der Waals surface area contributed by atoms with Gasteiger partial charge in [-0.25, -0.2) is 4.31 Å². The molecule has 2 aliphatic rings. The smallest absolute Gasteiger partial charge is 0.224 e. The molecule has 1 aliphatic carbocycles. The van der Waals surface area contributed by atoms with Crippen LogP contribution in [-0.2, 0) is 11.2 Å². The van der Waals surface area contributed by atoms with Crippen LogP contribution in [0.5, 0.6) is 0 Å². The molecule has 2 atom stereocenters. The topological polar surface area (TPSA) is 49.6 Å². The molecule has 0 spiro atoms. The third-order valence-electron chi connectivity index (χ3n) is 5.34. The van der Waals surface area contributed by atoms with Gasteiger partial charge in [-0.05, 0) is 43.0 Å². The Labute approximate surface area is 164 Å². The van der Waals surface area contributed by atoms with Gasteiger partial charge in [0.05, 0.1) is 0 Å². The molecule has 26 heavy (non-hydrogen) atoms. The summed E-state index contributed by atoms with van der Waals surface area (Å²) in [5.41, 5.74) is 7.49. The Kier molecular flexibility index (Phi) is 7.39. The lowest BCUT2D eigenvalue weighted by molar-refractivity contribution is -0.132. The molecule has 1 heterocycles. The molecule has 144 valence electrons. The lowest BCUT2D eigenvalue weighted by Crippen LogP contribution is -2.46. The molecular formula is C20H32N3OPS. The molecule has 0 bridgehead atoms. The Morgan fingerprint density at radius 1 is 1.27 bits per heavy atom. The minimum Gasteiger partial charge on any atom is -0.343 e. The highest BCUT2D eigenvalue weighted by atomic mass is 32.2. The number of amides is 1. The zero-order valence-electron chi connectivity index (χ0n) is 15.8. The minimum absolute atomic E-state index is 0.111. The maximum absolute atomic E-state index is 12.7. The SMILES string of the molecule is CCSN(C1CC1)C1CCN(C(=O)CC(N)Cc2ccccc2P)CC1. The predicted molar refractivity (Wildman–Crippen MR) is 115 cm³/mol. The normalized spacial score (nSPS) is 19.8.